The molecule has 0 saturated carbocycles. The fraction of sp³-hybridized carbons (Fsp3) is 0.769. The highest BCUT2D eigenvalue weighted by molar-refractivity contribution is 7.80. The monoisotopic (exact) mass is 436 g/mol. The number of halogens is 3. The molecule has 3 amide bonds. The number of hydrogen-bond donors (Lipinski definition) is 7. The van der Waals surface area contributed by atoms with Crippen LogP contribution >= 0.6 is 37.9 Å². The third-order valence-corrected chi connectivity index (χ3v) is 4.46. The summed E-state index contributed by atoms with van der Waals surface area (Å²) in [6, 6.07) is 0. The molecule has 152 valence electrons. The standard InChI is InChI=1S/C13H23F3N4O3S3/c1-3-17-8(21)12(15,6-25)20-10(23)13(16,7-26)19-9(22)11(14,5-24)18-4-2/h18,24-26H,3-7H2,1-2H3,(H,17,21)(H,19,22)(H,20,23)/t11-,12-,13-/m0/s1. The Morgan fingerprint density at radius 3 is 1.46 bits per heavy atom. The number of thiol groups is 3. The third kappa shape index (κ3) is 6.13. The highest BCUT2D eigenvalue weighted by Gasteiger charge is 2.49. The van der Waals surface area contributed by atoms with Gasteiger partial charge in [-0.15, -0.1) is 0 Å². The van der Waals surface area contributed by atoms with Crippen molar-refractivity contribution in [2.24, 2.45) is 0 Å². The molecule has 0 aromatic heterocycles. The van der Waals surface area contributed by atoms with E-state index in [1.54, 1.807) is 0 Å². The minimum atomic E-state index is -3.29. The van der Waals surface area contributed by atoms with Crippen LogP contribution in [0.1, 0.15) is 13.8 Å². The molecule has 0 radical (unpaired) electrons. The van der Waals surface area contributed by atoms with Crippen LogP contribution in [-0.4, -0.2) is 65.4 Å². The van der Waals surface area contributed by atoms with E-state index in [1.807, 2.05) is 0 Å². The Morgan fingerprint density at radius 2 is 1.12 bits per heavy atom. The average Bonchev–Trinajstić information content (AvgIpc) is 2.61. The van der Waals surface area contributed by atoms with Crippen molar-refractivity contribution in [1.82, 2.24) is 21.3 Å². The first-order valence-corrected chi connectivity index (χ1v) is 9.46. The maximum atomic E-state index is 14.8. The van der Waals surface area contributed by atoms with E-state index in [-0.39, 0.29) is 13.1 Å². The first-order valence-electron chi connectivity index (χ1n) is 7.56. The number of likely N-dealkylation sites (N-methyl/N-ethyl adjacent to an activating group) is 2. The molecule has 7 nitrogen and oxygen atoms in total. The topological polar surface area (TPSA) is 99.3 Å². The third-order valence-electron chi connectivity index (χ3n) is 3.15. The van der Waals surface area contributed by atoms with Crippen LogP contribution in [0.3, 0.4) is 0 Å². The summed E-state index contributed by atoms with van der Waals surface area (Å²) in [4.78, 5) is 35.8. The molecule has 0 aromatic rings. The van der Waals surface area contributed by atoms with Gasteiger partial charge in [-0.3, -0.25) is 19.7 Å². The van der Waals surface area contributed by atoms with Crippen LogP contribution in [0, 0.1) is 0 Å². The SMILES string of the molecule is CCNC(=O)[C@](F)(CS)NC(=O)[C@](F)(CS)NC(=O)[C@](F)(CS)NCC. The highest BCUT2D eigenvalue weighted by Crippen LogP contribution is 2.18. The number of carbonyl (C=O) groups is 3. The van der Waals surface area contributed by atoms with Crippen molar-refractivity contribution in [2.45, 2.75) is 31.2 Å². The van der Waals surface area contributed by atoms with Gasteiger partial charge in [0.1, 0.15) is 0 Å². The Hall–Kier alpha value is -0.790. The van der Waals surface area contributed by atoms with Crippen LogP contribution in [0.15, 0.2) is 0 Å². The van der Waals surface area contributed by atoms with E-state index in [9.17, 15) is 27.6 Å². The molecule has 13 heteroatoms. The molecule has 0 saturated heterocycles. The summed E-state index contributed by atoms with van der Waals surface area (Å²) < 4.78 is 43.8. The molecule has 0 fully saturated rings. The lowest BCUT2D eigenvalue weighted by Crippen LogP contribution is -2.68. The van der Waals surface area contributed by atoms with Gasteiger partial charge in [-0.1, -0.05) is 6.92 Å². The van der Waals surface area contributed by atoms with Gasteiger partial charge in [0.05, 0.1) is 11.5 Å². The van der Waals surface area contributed by atoms with Crippen molar-refractivity contribution in [2.75, 3.05) is 30.3 Å². The van der Waals surface area contributed by atoms with Crippen molar-refractivity contribution in [1.29, 1.82) is 0 Å². The molecule has 0 aliphatic rings. The Bertz CT molecular complexity index is 534. The number of alkyl halides is 3. The van der Waals surface area contributed by atoms with Gasteiger partial charge >= 0.3 is 0 Å². The zero-order chi connectivity index (χ0) is 20.6. The van der Waals surface area contributed by atoms with Gasteiger partial charge in [0, 0.05) is 12.3 Å². The average molecular weight is 437 g/mol. The summed E-state index contributed by atoms with van der Waals surface area (Å²) >= 11 is 10.9. The quantitative estimate of drug-likeness (QED) is 0.179. The van der Waals surface area contributed by atoms with Crippen LogP contribution in [0.2, 0.25) is 0 Å². The van der Waals surface area contributed by atoms with Gasteiger partial charge < -0.3 is 16.0 Å². The molecule has 4 N–H and O–H groups in total. The van der Waals surface area contributed by atoms with Gasteiger partial charge in [-0.05, 0) is 13.5 Å². The molecular weight excluding hydrogens is 413 g/mol. The van der Waals surface area contributed by atoms with Crippen molar-refractivity contribution < 1.29 is 27.6 Å². The van der Waals surface area contributed by atoms with Crippen LogP contribution in [0.4, 0.5) is 13.2 Å². The van der Waals surface area contributed by atoms with Crippen LogP contribution < -0.4 is 21.3 Å². The van der Waals surface area contributed by atoms with E-state index >= 15 is 0 Å². The summed E-state index contributed by atoms with van der Waals surface area (Å²) in [7, 11) is 0. The van der Waals surface area contributed by atoms with Crippen LogP contribution in [0.5, 0.6) is 0 Å². The lowest BCUT2D eigenvalue weighted by Gasteiger charge is -2.31. The normalized spacial score (nSPS) is 18.0. The van der Waals surface area contributed by atoms with Crippen LogP contribution in [-0.2, 0) is 14.4 Å². The van der Waals surface area contributed by atoms with E-state index in [0.717, 1.165) is 0 Å². The van der Waals surface area contributed by atoms with E-state index in [0.29, 0.717) is 0 Å². The Kier molecular flexibility index (Phi) is 10.2. The Labute approximate surface area is 166 Å². The fourth-order valence-electron chi connectivity index (χ4n) is 1.68. The molecule has 0 bridgehead atoms. The second-order valence-electron chi connectivity index (χ2n) is 5.18. The fourth-order valence-corrected chi connectivity index (χ4v) is 2.38. The maximum absolute atomic E-state index is 14.8. The largest absolute Gasteiger partial charge is 0.352 e. The number of nitrogens with one attached hydrogen (secondary N) is 4. The van der Waals surface area contributed by atoms with Gasteiger partial charge in [-0.2, -0.15) is 37.9 Å². The van der Waals surface area contributed by atoms with Gasteiger partial charge in [0.2, 0.25) is 5.79 Å². The molecule has 0 aromatic carbocycles. The number of rotatable bonds is 11. The molecule has 0 heterocycles. The highest BCUT2D eigenvalue weighted by atomic mass is 32.1. The summed E-state index contributed by atoms with van der Waals surface area (Å²) in [5, 5.41) is 7.34. The zero-order valence-electron chi connectivity index (χ0n) is 14.2. The molecule has 26 heavy (non-hydrogen) atoms. The van der Waals surface area contributed by atoms with E-state index in [1.165, 1.54) is 24.5 Å². The van der Waals surface area contributed by atoms with Crippen molar-refractivity contribution in [3.05, 3.63) is 0 Å². The van der Waals surface area contributed by atoms with E-state index in [4.69, 9.17) is 0 Å². The lowest BCUT2D eigenvalue weighted by molar-refractivity contribution is -0.150. The van der Waals surface area contributed by atoms with Gasteiger partial charge in [0.15, 0.2) is 0 Å². The number of amides is 3. The first kappa shape index (κ1) is 25.2. The molecule has 0 unspecified atom stereocenters. The van der Waals surface area contributed by atoms with Crippen LogP contribution in [0.25, 0.3) is 0 Å². The molecular formula is C13H23F3N4O3S3. The predicted molar refractivity (Wildman–Crippen MR) is 102 cm³/mol. The molecule has 0 spiro atoms. The Morgan fingerprint density at radius 1 is 0.731 bits per heavy atom. The minimum Gasteiger partial charge on any atom is -0.352 e. The smallest absolute Gasteiger partial charge is 0.282 e. The molecule has 3 atom stereocenters. The first-order chi connectivity index (χ1) is 12.0. The van der Waals surface area contributed by atoms with E-state index in [2.05, 4.69) is 48.5 Å². The molecule has 0 rings (SSSR count). The van der Waals surface area contributed by atoms with Crippen molar-refractivity contribution >= 4 is 55.6 Å². The predicted octanol–water partition coefficient (Wildman–Crippen LogP) is -0.249. The maximum Gasteiger partial charge on any atom is 0.282 e. The lowest BCUT2D eigenvalue weighted by atomic mass is 10.1. The van der Waals surface area contributed by atoms with Gasteiger partial charge in [-0.25, -0.2) is 13.2 Å². The summed E-state index contributed by atoms with van der Waals surface area (Å²) in [6.45, 7) is 3.06. The van der Waals surface area contributed by atoms with Crippen molar-refractivity contribution in [3.8, 4) is 0 Å². The zero-order valence-corrected chi connectivity index (χ0v) is 16.9. The Balaban J connectivity index is 5.43. The minimum absolute atomic E-state index is 0.0151. The molecule has 0 aliphatic heterocycles. The van der Waals surface area contributed by atoms with E-state index < -0.39 is 52.4 Å². The summed E-state index contributed by atoms with van der Waals surface area (Å²) in [5.74, 6) is -16.0. The summed E-state index contributed by atoms with van der Waals surface area (Å²) in [5.41, 5.74) is 0. The summed E-state index contributed by atoms with van der Waals surface area (Å²) in [6.07, 6.45) is 0. The second kappa shape index (κ2) is 10.5. The number of carbonyl (C=O) groups excluding carboxylic acids is 3. The van der Waals surface area contributed by atoms with Gasteiger partial charge in [0.25, 0.3) is 29.3 Å². The molecule has 0 aliphatic carbocycles. The van der Waals surface area contributed by atoms with Crippen molar-refractivity contribution in [3.63, 3.8) is 0 Å². The number of hydrogen-bond acceptors (Lipinski definition) is 7. The second-order valence-corrected chi connectivity index (χ2v) is 6.12.